The molecule has 4 heteroatoms. The van der Waals surface area contributed by atoms with Crippen LogP contribution < -0.4 is 10.6 Å². The summed E-state index contributed by atoms with van der Waals surface area (Å²) in [7, 11) is 0. The molecule has 0 aromatic heterocycles. The van der Waals surface area contributed by atoms with Crippen LogP contribution in [-0.4, -0.2) is 18.5 Å². The van der Waals surface area contributed by atoms with E-state index in [9.17, 15) is 9.18 Å². The van der Waals surface area contributed by atoms with Gasteiger partial charge in [0.05, 0.1) is 6.04 Å². The number of hydrogen-bond donors (Lipinski definition) is 2. The zero-order valence-electron chi connectivity index (χ0n) is 8.51. The van der Waals surface area contributed by atoms with Gasteiger partial charge in [0.2, 0.25) is 5.91 Å². The number of benzene rings is 1. The summed E-state index contributed by atoms with van der Waals surface area (Å²) < 4.78 is 13.2. The van der Waals surface area contributed by atoms with Crippen molar-refractivity contribution in [3.05, 3.63) is 29.6 Å². The Morgan fingerprint density at radius 1 is 1.60 bits per heavy atom. The van der Waals surface area contributed by atoms with Crippen molar-refractivity contribution in [1.82, 2.24) is 5.32 Å². The number of halogens is 1. The molecule has 1 heterocycles. The molecule has 0 bridgehead atoms. The van der Waals surface area contributed by atoms with Crippen molar-refractivity contribution in [2.75, 3.05) is 11.9 Å². The summed E-state index contributed by atoms with van der Waals surface area (Å²) in [5, 5.41) is 5.66. The first-order chi connectivity index (χ1) is 7.16. The molecule has 0 radical (unpaired) electrons. The molecule has 3 nitrogen and oxygen atoms in total. The molecule has 1 saturated heterocycles. The summed E-state index contributed by atoms with van der Waals surface area (Å²) in [5.74, 6) is -0.390. The molecule has 0 unspecified atom stereocenters. The quantitative estimate of drug-likeness (QED) is 0.772. The number of rotatable bonds is 2. The van der Waals surface area contributed by atoms with Crippen LogP contribution in [-0.2, 0) is 4.79 Å². The highest BCUT2D eigenvalue weighted by atomic mass is 19.1. The van der Waals surface area contributed by atoms with Crippen LogP contribution in [0.15, 0.2) is 18.2 Å². The molecule has 2 N–H and O–H groups in total. The zero-order chi connectivity index (χ0) is 10.8. The lowest BCUT2D eigenvalue weighted by Gasteiger charge is -2.26. The number of hydrogen-bond acceptors (Lipinski definition) is 2. The van der Waals surface area contributed by atoms with E-state index in [0.717, 1.165) is 13.0 Å². The minimum atomic E-state index is -0.297. The van der Waals surface area contributed by atoms with Crippen LogP contribution in [0.1, 0.15) is 12.0 Å². The van der Waals surface area contributed by atoms with Gasteiger partial charge in [-0.2, -0.15) is 0 Å². The summed E-state index contributed by atoms with van der Waals surface area (Å²) in [6, 6.07) is 4.58. The van der Waals surface area contributed by atoms with Crippen molar-refractivity contribution in [1.29, 1.82) is 0 Å². The van der Waals surface area contributed by atoms with Crippen molar-refractivity contribution in [3.63, 3.8) is 0 Å². The van der Waals surface area contributed by atoms with Crippen molar-refractivity contribution in [2.45, 2.75) is 19.4 Å². The van der Waals surface area contributed by atoms with Crippen molar-refractivity contribution >= 4 is 11.6 Å². The lowest BCUT2D eigenvalue weighted by molar-refractivity contribution is -0.119. The number of anilines is 1. The Bertz CT molecular complexity index is 388. The van der Waals surface area contributed by atoms with Crippen LogP contribution in [0.3, 0.4) is 0 Å². The number of amides is 1. The van der Waals surface area contributed by atoms with E-state index >= 15 is 0 Å². The van der Waals surface area contributed by atoms with Gasteiger partial charge in [-0.25, -0.2) is 4.39 Å². The second-order valence-corrected chi connectivity index (χ2v) is 3.75. The maximum absolute atomic E-state index is 13.2. The average molecular weight is 208 g/mol. The van der Waals surface area contributed by atoms with Crippen molar-refractivity contribution in [3.8, 4) is 0 Å². The van der Waals surface area contributed by atoms with Gasteiger partial charge in [0.15, 0.2) is 0 Å². The summed E-state index contributed by atoms with van der Waals surface area (Å²) in [6.45, 7) is 2.56. The van der Waals surface area contributed by atoms with Gasteiger partial charge >= 0.3 is 0 Å². The molecule has 1 atom stereocenters. The van der Waals surface area contributed by atoms with Gasteiger partial charge in [-0.3, -0.25) is 4.79 Å². The highest BCUT2D eigenvalue weighted by Gasteiger charge is 2.24. The van der Waals surface area contributed by atoms with Crippen molar-refractivity contribution in [2.24, 2.45) is 0 Å². The van der Waals surface area contributed by atoms with Gasteiger partial charge in [-0.1, -0.05) is 6.07 Å². The van der Waals surface area contributed by atoms with Crippen LogP contribution in [0, 0.1) is 12.7 Å². The predicted molar refractivity (Wildman–Crippen MR) is 56.2 cm³/mol. The molecule has 80 valence electrons. The third-order valence-electron chi connectivity index (χ3n) is 2.58. The Hall–Kier alpha value is -1.42. The highest BCUT2D eigenvalue weighted by Crippen LogP contribution is 2.14. The number of nitrogens with one attached hydrogen (secondary N) is 2. The monoisotopic (exact) mass is 208 g/mol. The Kier molecular flexibility index (Phi) is 2.68. The first kappa shape index (κ1) is 10.1. The summed E-state index contributed by atoms with van der Waals surface area (Å²) in [4.78, 5) is 11.5. The summed E-state index contributed by atoms with van der Waals surface area (Å²) >= 11 is 0. The van der Waals surface area contributed by atoms with E-state index < -0.39 is 0 Å². The molecular formula is C11H13FN2O. The first-order valence-electron chi connectivity index (χ1n) is 4.97. The van der Waals surface area contributed by atoms with E-state index in [1.807, 2.05) is 0 Å². The third kappa shape index (κ3) is 2.15. The highest BCUT2D eigenvalue weighted by molar-refractivity contribution is 5.95. The Morgan fingerprint density at radius 3 is 2.87 bits per heavy atom. The summed E-state index contributed by atoms with van der Waals surface area (Å²) in [5.41, 5.74) is 1.09. The van der Waals surface area contributed by atoms with Crippen LogP contribution in [0.25, 0.3) is 0 Å². The first-order valence-corrected chi connectivity index (χ1v) is 4.97. The van der Waals surface area contributed by atoms with E-state index in [2.05, 4.69) is 10.6 Å². The molecule has 1 amide bonds. The Morgan fingerprint density at radius 2 is 2.33 bits per heavy atom. The van der Waals surface area contributed by atoms with Crippen molar-refractivity contribution < 1.29 is 9.18 Å². The summed E-state index contributed by atoms with van der Waals surface area (Å²) in [6.07, 6.45) is 0.847. The molecular weight excluding hydrogens is 195 g/mol. The maximum Gasteiger partial charge on any atom is 0.241 e. The number of carbonyl (C=O) groups excluding carboxylic acids is 1. The van der Waals surface area contributed by atoms with E-state index in [1.165, 1.54) is 6.07 Å². The molecule has 1 aromatic carbocycles. The van der Waals surface area contributed by atoms with Gasteiger partial charge < -0.3 is 10.6 Å². The fourth-order valence-corrected chi connectivity index (χ4v) is 1.41. The number of carbonyl (C=O) groups is 1. The van der Waals surface area contributed by atoms with Gasteiger partial charge in [-0.15, -0.1) is 0 Å². The van der Waals surface area contributed by atoms with Gasteiger partial charge in [0, 0.05) is 5.69 Å². The molecule has 1 aliphatic heterocycles. The minimum Gasteiger partial charge on any atom is -0.325 e. The van der Waals surface area contributed by atoms with Crippen LogP contribution in [0.5, 0.6) is 0 Å². The lowest BCUT2D eigenvalue weighted by Crippen LogP contribution is -2.50. The largest absolute Gasteiger partial charge is 0.325 e. The fourth-order valence-electron chi connectivity index (χ4n) is 1.41. The molecule has 0 saturated carbocycles. The SMILES string of the molecule is Cc1ccc(NC(=O)[C@H]2CCN2)cc1F. The normalized spacial score (nSPS) is 19.5. The van der Waals surface area contributed by atoms with E-state index in [1.54, 1.807) is 19.1 Å². The van der Waals surface area contributed by atoms with E-state index in [0.29, 0.717) is 11.3 Å². The Labute approximate surface area is 87.7 Å². The fraction of sp³-hybridized carbons (Fsp3) is 0.364. The minimum absolute atomic E-state index is 0.0931. The van der Waals surface area contributed by atoms with Gasteiger partial charge in [-0.05, 0) is 37.6 Å². The van der Waals surface area contributed by atoms with E-state index in [4.69, 9.17) is 0 Å². The standard InChI is InChI=1S/C11H13FN2O/c1-7-2-3-8(6-9(7)12)14-11(15)10-4-5-13-10/h2-3,6,10,13H,4-5H2,1H3,(H,14,15)/t10-/m1/s1. The zero-order valence-corrected chi connectivity index (χ0v) is 8.51. The second-order valence-electron chi connectivity index (χ2n) is 3.75. The van der Waals surface area contributed by atoms with Crippen LogP contribution in [0.4, 0.5) is 10.1 Å². The Balaban J connectivity index is 2.03. The topological polar surface area (TPSA) is 41.1 Å². The van der Waals surface area contributed by atoms with E-state index in [-0.39, 0.29) is 17.8 Å². The molecule has 2 rings (SSSR count). The van der Waals surface area contributed by atoms with Crippen LogP contribution in [0.2, 0.25) is 0 Å². The number of aryl methyl sites for hydroxylation is 1. The molecule has 1 fully saturated rings. The van der Waals surface area contributed by atoms with Gasteiger partial charge in [0.1, 0.15) is 5.82 Å². The lowest BCUT2D eigenvalue weighted by atomic mass is 10.1. The molecule has 1 aliphatic rings. The van der Waals surface area contributed by atoms with Gasteiger partial charge in [0.25, 0.3) is 0 Å². The average Bonchev–Trinajstić information content (AvgIpc) is 2.08. The molecule has 15 heavy (non-hydrogen) atoms. The maximum atomic E-state index is 13.2. The smallest absolute Gasteiger partial charge is 0.241 e. The molecule has 0 aliphatic carbocycles. The second kappa shape index (κ2) is 3.98. The molecule has 0 spiro atoms. The third-order valence-corrected chi connectivity index (χ3v) is 2.58. The van der Waals surface area contributed by atoms with Crippen LogP contribution >= 0.6 is 0 Å². The predicted octanol–water partition coefficient (Wildman–Crippen LogP) is 1.43. The molecule has 1 aromatic rings.